The number of hydrogen-bond acceptors (Lipinski definition) is 10. The quantitative estimate of drug-likeness (QED) is 0.121. The molecule has 13 heteroatoms. The Bertz CT molecular complexity index is 1580. The van der Waals surface area contributed by atoms with E-state index < -0.39 is 36.4 Å². The maximum atomic E-state index is 13.4. The number of aromatic nitrogens is 4. The topological polar surface area (TPSA) is 167 Å². The number of benzene rings is 2. The fourth-order valence-electron chi connectivity index (χ4n) is 5.83. The summed E-state index contributed by atoms with van der Waals surface area (Å²) < 4.78 is 7.28. The number of aliphatic hydroxyl groups is 2. The molecule has 2 aromatic carbocycles. The first-order chi connectivity index (χ1) is 22.9. The van der Waals surface area contributed by atoms with Crippen LogP contribution in [0, 0.1) is 0 Å². The molecule has 0 aliphatic carbocycles. The molecule has 250 valence electrons. The van der Waals surface area contributed by atoms with Gasteiger partial charge in [0.1, 0.15) is 12.2 Å². The van der Waals surface area contributed by atoms with E-state index in [1.807, 2.05) is 36.4 Å². The van der Waals surface area contributed by atoms with Crippen molar-refractivity contribution in [3.05, 3.63) is 83.9 Å². The summed E-state index contributed by atoms with van der Waals surface area (Å²) in [4.78, 5) is 41.9. The first-order valence-corrected chi connectivity index (χ1v) is 16.2. The van der Waals surface area contributed by atoms with E-state index in [0.29, 0.717) is 31.0 Å². The third-order valence-corrected chi connectivity index (χ3v) is 8.46. The molecule has 1 fully saturated rings. The van der Waals surface area contributed by atoms with Crippen molar-refractivity contribution in [3.8, 4) is 0 Å². The van der Waals surface area contributed by atoms with E-state index in [9.17, 15) is 19.8 Å². The zero-order valence-corrected chi connectivity index (χ0v) is 27.0. The summed E-state index contributed by atoms with van der Waals surface area (Å²) >= 11 is 0. The molecule has 4 aromatic rings. The number of amides is 2. The second-order valence-corrected chi connectivity index (χ2v) is 11.4. The van der Waals surface area contributed by atoms with Crippen molar-refractivity contribution in [1.82, 2.24) is 35.1 Å². The lowest BCUT2D eigenvalue weighted by molar-refractivity contribution is -0.137. The summed E-state index contributed by atoms with van der Waals surface area (Å²) in [5, 5.41) is 30.6. The molecular weight excluding hydrogens is 600 g/mol. The van der Waals surface area contributed by atoms with Gasteiger partial charge in [0.25, 0.3) is 11.8 Å². The van der Waals surface area contributed by atoms with Crippen molar-refractivity contribution in [2.75, 3.05) is 44.6 Å². The lowest BCUT2D eigenvalue weighted by Gasteiger charge is -2.20. The van der Waals surface area contributed by atoms with Crippen molar-refractivity contribution in [2.24, 2.45) is 0 Å². The van der Waals surface area contributed by atoms with Gasteiger partial charge in [-0.15, -0.1) is 0 Å². The zero-order chi connectivity index (χ0) is 33.3. The fraction of sp³-hybridized carbons (Fsp3) is 0.441. The second-order valence-electron chi connectivity index (χ2n) is 11.4. The summed E-state index contributed by atoms with van der Waals surface area (Å²) in [6.45, 7) is 9.87. The van der Waals surface area contributed by atoms with Crippen LogP contribution >= 0.6 is 0 Å². The van der Waals surface area contributed by atoms with Crippen LogP contribution in [0.25, 0.3) is 11.2 Å². The Labute approximate surface area is 274 Å². The normalized spacial score (nSPS) is 19.4. The SMILES string of the molecule is CCNC(=O)[C@H]1O[C@@H](n2cnc3c(NCC(c4ccccc4)c4ccccc4)nc(C(=O)NCCCN(CC)CC)nc32)[C@H](O)[C@@H]1O. The summed E-state index contributed by atoms with van der Waals surface area (Å²) in [5.41, 5.74) is 2.75. The number of rotatable bonds is 15. The largest absolute Gasteiger partial charge is 0.387 e. The molecule has 2 aromatic heterocycles. The molecule has 0 unspecified atom stereocenters. The molecule has 0 bridgehead atoms. The lowest BCUT2D eigenvalue weighted by atomic mass is 9.91. The average molecular weight is 645 g/mol. The van der Waals surface area contributed by atoms with Crippen molar-refractivity contribution in [2.45, 2.75) is 57.6 Å². The van der Waals surface area contributed by atoms with Crippen molar-refractivity contribution < 1.29 is 24.5 Å². The lowest BCUT2D eigenvalue weighted by Crippen LogP contribution is -2.42. The number of fused-ring (bicyclic) bond motifs is 1. The smallest absolute Gasteiger partial charge is 0.289 e. The summed E-state index contributed by atoms with van der Waals surface area (Å²) in [7, 11) is 0. The number of aliphatic hydroxyl groups excluding tert-OH is 2. The highest BCUT2D eigenvalue weighted by molar-refractivity contribution is 5.94. The van der Waals surface area contributed by atoms with Gasteiger partial charge in [-0.1, -0.05) is 74.5 Å². The Morgan fingerprint density at radius 1 is 0.936 bits per heavy atom. The Hall–Kier alpha value is -4.43. The van der Waals surface area contributed by atoms with E-state index in [1.54, 1.807) is 6.92 Å². The van der Waals surface area contributed by atoms with Crippen LogP contribution in [0.2, 0.25) is 0 Å². The van der Waals surface area contributed by atoms with Crippen LogP contribution in [0.15, 0.2) is 67.0 Å². The highest BCUT2D eigenvalue weighted by Crippen LogP contribution is 2.33. The van der Waals surface area contributed by atoms with E-state index in [-0.39, 0.29) is 17.4 Å². The minimum Gasteiger partial charge on any atom is -0.387 e. The molecule has 4 atom stereocenters. The number of carbonyl (C=O) groups is 2. The first kappa shape index (κ1) is 33.9. The van der Waals surface area contributed by atoms with Crippen LogP contribution in [0.5, 0.6) is 0 Å². The number of hydrogen-bond donors (Lipinski definition) is 5. The zero-order valence-electron chi connectivity index (χ0n) is 27.0. The molecule has 5 N–H and O–H groups in total. The molecule has 0 saturated carbocycles. The Kier molecular flexibility index (Phi) is 11.5. The number of anilines is 1. The third-order valence-electron chi connectivity index (χ3n) is 8.46. The summed E-state index contributed by atoms with van der Waals surface area (Å²) in [6, 6.07) is 20.2. The van der Waals surface area contributed by atoms with Crippen LogP contribution in [0.4, 0.5) is 5.82 Å². The van der Waals surface area contributed by atoms with Crippen LogP contribution in [0.1, 0.15) is 61.1 Å². The van der Waals surface area contributed by atoms with Gasteiger partial charge in [0.05, 0.1) is 6.33 Å². The Morgan fingerprint density at radius 2 is 1.60 bits per heavy atom. The highest BCUT2D eigenvalue weighted by Gasteiger charge is 2.47. The number of nitrogens with one attached hydrogen (secondary N) is 3. The Balaban J connectivity index is 1.47. The number of carbonyl (C=O) groups excluding carboxylic acids is 2. The number of likely N-dealkylation sites (N-methyl/N-ethyl adjacent to an activating group) is 1. The molecule has 3 heterocycles. The van der Waals surface area contributed by atoms with Crippen LogP contribution in [-0.4, -0.2) is 104 Å². The minimum atomic E-state index is -1.48. The van der Waals surface area contributed by atoms with Crippen LogP contribution in [0.3, 0.4) is 0 Å². The van der Waals surface area contributed by atoms with Gasteiger partial charge < -0.3 is 35.8 Å². The van der Waals surface area contributed by atoms with Crippen molar-refractivity contribution >= 4 is 28.8 Å². The monoisotopic (exact) mass is 644 g/mol. The number of ether oxygens (including phenoxy) is 1. The first-order valence-electron chi connectivity index (χ1n) is 16.2. The van der Waals surface area contributed by atoms with Crippen LogP contribution in [-0.2, 0) is 9.53 Å². The van der Waals surface area contributed by atoms with E-state index in [1.165, 1.54) is 10.9 Å². The maximum Gasteiger partial charge on any atom is 0.289 e. The van der Waals surface area contributed by atoms with Gasteiger partial charge in [-0.25, -0.2) is 15.0 Å². The number of imidazole rings is 1. The van der Waals surface area contributed by atoms with Gasteiger partial charge in [-0.2, -0.15) is 0 Å². The fourth-order valence-corrected chi connectivity index (χ4v) is 5.83. The van der Waals surface area contributed by atoms with Crippen molar-refractivity contribution in [3.63, 3.8) is 0 Å². The molecule has 0 spiro atoms. The minimum absolute atomic E-state index is 0.0465. The van der Waals surface area contributed by atoms with Gasteiger partial charge in [-0.3, -0.25) is 14.2 Å². The average Bonchev–Trinajstić information content (AvgIpc) is 3.65. The van der Waals surface area contributed by atoms with Gasteiger partial charge >= 0.3 is 0 Å². The maximum absolute atomic E-state index is 13.4. The molecule has 0 radical (unpaired) electrons. The van der Waals surface area contributed by atoms with Gasteiger partial charge in [-0.05, 0) is 44.1 Å². The van der Waals surface area contributed by atoms with E-state index >= 15 is 0 Å². The highest BCUT2D eigenvalue weighted by atomic mass is 16.6. The predicted molar refractivity (Wildman–Crippen MR) is 178 cm³/mol. The van der Waals surface area contributed by atoms with Crippen LogP contribution < -0.4 is 16.0 Å². The molecule has 5 rings (SSSR count). The van der Waals surface area contributed by atoms with E-state index in [0.717, 1.165) is 37.2 Å². The summed E-state index contributed by atoms with van der Waals surface area (Å²) in [6.07, 6.45) is -3.24. The van der Waals surface area contributed by atoms with E-state index in [4.69, 9.17) is 4.74 Å². The molecular formula is C34H44N8O5. The third kappa shape index (κ3) is 7.76. The van der Waals surface area contributed by atoms with Crippen molar-refractivity contribution in [1.29, 1.82) is 0 Å². The Morgan fingerprint density at radius 3 is 2.21 bits per heavy atom. The molecule has 13 nitrogen and oxygen atoms in total. The summed E-state index contributed by atoms with van der Waals surface area (Å²) in [5.74, 6) is -0.811. The number of nitrogens with zero attached hydrogens (tertiary/aromatic N) is 5. The molecule has 1 aliphatic heterocycles. The molecule has 47 heavy (non-hydrogen) atoms. The van der Waals surface area contributed by atoms with Gasteiger partial charge in [0, 0.05) is 25.6 Å². The van der Waals surface area contributed by atoms with Gasteiger partial charge in [0.2, 0.25) is 5.82 Å². The molecule has 2 amide bonds. The predicted octanol–water partition coefficient (Wildman–Crippen LogP) is 2.29. The standard InChI is InChI=1S/C34H44N8O5/c1-4-35-32(45)28-26(43)27(44)34(47-28)42-21-38-25-29(37-20-24(22-14-9-7-10-15-22)23-16-11-8-12-17-23)39-30(40-31(25)42)33(46)36-18-13-19-41(5-2)6-3/h7-12,14-17,21,24,26-28,34,43-44H,4-6,13,18-20H2,1-3H3,(H,35,45)(H,36,46)(H,37,39,40)/t26-,27+,28-,34+/m0/s1. The second kappa shape index (κ2) is 15.9. The molecule has 1 aliphatic rings. The van der Waals surface area contributed by atoms with E-state index in [2.05, 4.69) is 73.9 Å². The van der Waals surface area contributed by atoms with Gasteiger partial charge in [0.15, 0.2) is 29.3 Å². The molecule has 1 saturated heterocycles.